The number of morpholine rings is 1. The summed E-state index contributed by atoms with van der Waals surface area (Å²) in [5, 5.41) is 0. The summed E-state index contributed by atoms with van der Waals surface area (Å²) >= 11 is 0. The van der Waals surface area contributed by atoms with Crippen molar-refractivity contribution >= 4 is 5.69 Å². The molecule has 2 unspecified atom stereocenters. The summed E-state index contributed by atoms with van der Waals surface area (Å²) in [5.41, 5.74) is 4.55. The van der Waals surface area contributed by atoms with Gasteiger partial charge in [0.2, 0.25) is 0 Å². The van der Waals surface area contributed by atoms with E-state index in [2.05, 4.69) is 57.7 Å². The minimum absolute atomic E-state index is 0.204. The Kier molecular flexibility index (Phi) is 3.77. The van der Waals surface area contributed by atoms with E-state index in [0.717, 1.165) is 13.1 Å². The number of rotatable bonds is 2. The van der Waals surface area contributed by atoms with Crippen LogP contribution in [0.4, 0.5) is 5.69 Å². The van der Waals surface area contributed by atoms with E-state index in [-0.39, 0.29) is 5.41 Å². The first-order valence-electron chi connectivity index (χ1n) is 8.39. The van der Waals surface area contributed by atoms with Gasteiger partial charge in [0.25, 0.3) is 0 Å². The molecule has 116 valence electrons. The maximum atomic E-state index is 6.01. The van der Waals surface area contributed by atoms with Crippen molar-refractivity contribution in [1.82, 2.24) is 0 Å². The number of hydrogen-bond acceptors (Lipinski definition) is 2. The molecule has 2 heterocycles. The molecule has 1 aromatic rings. The Balaban J connectivity index is 1.98. The minimum atomic E-state index is 0.204. The van der Waals surface area contributed by atoms with E-state index in [1.165, 1.54) is 29.7 Å². The summed E-state index contributed by atoms with van der Waals surface area (Å²) in [7, 11) is 0. The Hall–Kier alpha value is -1.02. The standard InChI is InChI=1S/C19H29NO/c1-13(2)17-9-6-14(19(3,4)5)10-18(17)20-11-15-7-8-16(12-20)21-15/h6,9-10,13,15-16H,7-8,11-12H2,1-5H3. The van der Waals surface area contributed by atoms with Crippen LogP contribution in [0.3, 0.4) is 0 Å². The lowest BCUT2D eigenvalue weighted by Crippen LogP contribution is -2.43. The van der Waals surface area contributed by atoms with Gasteiger partial charge in [-0.05, 0) is 41.4 Å². The molecule has 2 aliphatic heterocycles. The smallest absolute Gasteiger partial charge is 0.0755 e. The molecule has 2 nitrogen and oxygen atoms in total. The molecule has 2 bridgehead atoms. The summed E-state index contributed by atoms with van der Waals surface area (Å²) in [6.45, 7) is 13.6. The van der Waals surface area contributed by atoms with Crippen LogP contribution in [0.5, 0.6) is 0 Å². The predicted molar refractivity (Wildman–Crippen MR) is 89.3 cm³/mol. The monoisotopic (exact) mass is 287 g/mol. The molecule has 1 aromatic carbocycles. The summed E-state index contributed by atoms with van der Waals surface area (Å²) in [6.07, 6.45) is 3.36. The van der Waals surface area contributed by atoms with E-state index in [0.29, 0.717) is 18.1 Å². The van der Waals surface area contributed by atoms with E-state index in [1.807, 2.05) is 0 Å². The Labute approximate surface area is 129 Å². The Morgan fingerprint density at radius 3 is 2.24 bits per heavy atom. The second-order valence-corrected chi connectivity index (χ2v) is 8.04. The van der Waals surface area contributed by atoms with Crippen LogP contribution in [-0.4, -0.2) is 25.3 Å². The van der Waals surface area contributed by atoms with Crippen molar-refractivity contribution in [3.63, 3.8) is 0 Å². The Morgan fingerprint density at radius 2 is 1.71 bits per heavy atom. The quantitative estimate of drug-likeness (QED) is 0.795. The third-order valence-electron chi connectivity index (χ3n) is 4.90. The van der Waals surface area contributed by atoms with Gasteiger partial charge in [-0.1, -0.05) is 46.8 Å². The number of nitrogens with zero attached hydrogens (tertiary/aromatic N) is 1. The highest BCUT2D eigenvalue weighted by Crippen LogP contribution is 2.36. The number of fused-ring (bicyclic) bond motifs is 2. The van der Waals surface area contributed by atoms with E-state index in [4.69, 9.17) is 4.74 Å². The molecule has 0 aliphatic carbocycles. The minimum Gasteiger partial charge on any atom is -0.371 e. The van der Waals surface area contributed by atoms with Crippen molar-refractivity contribution < 1.29 is 4.74 Å². The first kappa shape index (κ1) is 14.9. The zero-order valence-corrected chi connectivity index (χ0v) is 14.1. The van der Waals surface area contributed by atoms with Crippen LogP contribution < -0.4 is 4.90 Å². The highest BCUT2D eigenvalue weighted by atomic mass is 16.5. The van der Waals surface area contributed by atoms with Gasteiger partial charge in [0.15, 0.2) is 0 Å². The van der Waals surface area contributed by atoms with E-state index in [1.54, 1.807) is 0 Å². The second-order valence-electron chi connectivity index (χ2n) is 8.04. The first-order chi connectivity index (χ1) is 9.84. The zero-order valence-electron chi connectivity index (χ0n) is 14.1. The molecule has 3 rings (SSSR count). The SMILES string of the molecule is CC(C)c1ccc(C(C)(C)C)cc1N1CC2CCC(C1)O2. The summed E-state index contributed by atoms with van der Waals surface area (Å²) in [4.78, 5) is 2.58. The normalized spacial score (nSPS) is 25.7. The third kappa shape index (κ3) is 2.96. The van der Waals surface area contributed by atoms with Crippen molar-refractivity contribution in [3.05, 3.63) is 29.3 Å². The fraction of sp³-hybridized carbons (Fsp3) is 0.684. The van der Waals surface area contributed by atoms with E-state index >= 15 is 0 Å². The molecule has 2 saturated heterocycles. The molecule has 0 saturated carbocycles. The van der Waals surface area contributed by atoms with E-state index in [9.17, 15) is 0 Å². The van der Waals surface area contributed by atoms with Gasteiger partial charge in [0.05, 0.1) is 12.2 Å². The van der Waals surface area contributed by atoms with Crippen LogP contribution in [0.1, 0.15) is 64.5 Å². The molecule has 0 radical (unpaired) electrons. The van der Waals surface area contributed by atoms with Gasteiger partial charge in [-0.25, -0.2) is 0 Å². The Bertz CT molecular complexity index is 503. The van der Waals surface area contributed by atoms with Crippen molar-refractivity contribution in [2.45, 2.75) is 71.0 Å². The topological polar surface area (TPSA) is 12.5 Å². The van der Waals surface area contributed by atoms with Gasteiger partial charge in [-0.2, -0.15) is 0 Å². The summed E-state index contributed by atoms with van der Waals surface area (Å²) in [5.74, 6) is 0.564. The largest absolute Gasteiger partial charge is 0.371 e. The highest BCUT2D eigenvalue weighted by molar-refractivity contribution is 5.58. The molecule has 2 atom stereocenters. The molecular formula is C19H29NO. The molecule has 2 heteroatoms. The van der Waals surface area contributed by atoms with Crippen LogP contribution >= 0.6 is 0 Å². The second kappa shape index (κ2) is 5.31. The summed E-state index contributed by atoms with van der Waals surface area (Å²) < 4.78 is 6.01. The van der Waals surface area contributed by atoms with Crippen molar-refractivity contribution in [3.8, 4) is 0 Å². The summed E-state index contributed by atoms with van der Waals surface area (Å²) in [6, 6.07) is 7.09. The maximum Gasteiger partial charge on any atom is 0.0755 e. The number of benzene rings is 1. The lowest BCUT2D eigenvalue weighted by Gasteiger charge is -2.36. The van der Waals surface area contributed by atoms with Crippen molar-refractivity contribution in [1.29, 1.82) is 0 Å². The lowest BCUT2D eigenvalue weighted by molar-refractivity contribution is 0.0304. The average molecular weight is 287 g/mol. The molecule has 0 amide bonds. The van der Waals surface area contributed by atoms with Crippen molar-refractivity contribution in [2.75, 3.05) is 18.0 Å². The van der Waals surface area contributed by atoms with Gasteiger partial charge in [-0.3, -0.25) is 0 Å². The molecule has 21 heavy (non-hydrogen) atoms. The lowest BCUT2D eigenvalue weighted by atomic mass is 9.85. The number of hydrogen-bond donors (Lipinski definition) is 0. The van der Waals surface area contributed by atoms with Gasteiger partial charge in [0, 0.05) is 18.8 Å². The Morgan fingerprint density at radius 1 is 1.10 bits per heavy atom. The fourth-order valence-electron chi connectivity index (χ4n) is 3.58. The third-order valence-corrected chi connectivity index (χ3v) is 4.90. The molecule has 0 spiro atoms. The van der Waals surface area contributed by atoms with Gasteiger partial charge >= 0.3 is 0 Å². The highest BCUT2D eigenvalue weighted by Gasteiger charge is 2.34. The van der Waals surface area contributed by atoms with E-state index < -0.39 is 0 Å². The first-order valence-corrected chi connectivity index (χ1v) is 8.39. The maximum absolute atomic E-state index is 6.01. The van der Waals surface area contributed by atoms with Gasteiger partial charge in [0.1, 0.15) is 0 Å². The molecule has 0 N–H and O–H groups in total. The zero-order chi connectivity index (χ0) is 15.2. The van der Waals surface area contributed by atoms with Gasteiger partial charge in [-0.15, -0.1) is 0 Å². The fourth-order valence-corrected chi connectivity index (χ4v) is 3.58. The number of anilines is 1. The van der Waals surface area contributed by atoms with Crippen LogP contribution in [0.15, 0.2) is 18.2 Å². The van der Waals surface area contributed by atoms with Crippen LogP contribution in [-0.2, 0) is 10.2 Å². The van der Waals surface area contributed by atoms with Crippen LogP contribution in [0.2, 0.25) is 0 Å². The average Bonchev–Trinajstić information content (AvgIpc) is 2.75. The molecule has 2 fully saturated rings. The van der Waals surface area contributed by atoms with Crippen molar-refractivity contribution in [2.24, 2.45) is 0 Å². The van der Waals surface area contributed by atoms with Crippen LogP contribution in [0.25, 0.3) is 0 Å². The predicted octanol–water partition coefficient (Wildman–Crippen LogP) is 4.48. The molecule has 2 aliphatic rings. The molecular weight excluding hydrogens is 258 g/mol. The molecule has 0 aromatic heterocycles. The van der Waals surface area contributed by atoms with Gasteiger partial charge < -0.3 is 9.64 Å². The number of ether oxygens (including phenoxy) is 1. The van der Waals surface area contributed by atoms with Crippen LogP contribution in [0, 0.1) is 0 Å².